The number of alkyl halides is 6. The molecule has 5 aliphatic carbocycles. The highest BCUT2D eigenvalue weighted by Gasteiger charge is 2.81. The third-order valence-electron chi connectivity index (χ3n) is 7.22. The minimum atomic E-state index is -5.81. The van der Waals surface area contributed by atoms with Crippen LogP contribution in [0.5, 0.6) is 0 Å². The lowest BCUT2D eigenvalue weighted by Gasteiger charge is -2.52. The van der Waals surface area contributed by atoms with Crippen LogP contribution in [0.3, 0.4) is 0 Å². The van der Waals surface area contributed by atoms with Crippen molar-refractivity contribution in [2.24, 2.45) is 23.7 Å². The maximum absolute atomic E-state index is 14.7. The minimum Gasteiger partial charge on any atom is -0.204 e. The van der Waals surface area contributed by atoms with Gasteiger partial charge in [-0.15, -0.1) is 0 Å². The van der Waals surface area contributed by atoms with Gasteiger partial charge < -0.3 is 0 Å². The van der Waals surface area contributed by atoms with Crippen molar-refractivity contribution in [3.05, 3.63) is 52.9 Å². The lowest BCUT2D eigenvalue weighted by molar-refractivity contribution is -0.267. The van der Waals surface area contributed by atoms with Gasteiger partial charge in [0.05, 0.1) is 5.57 Å². The highest BCUT2D eigenvalue weighted by Crippen LogP contribution is 2.65. The number of allylic oxidation sites excluding steroid dienone is 4. The van der Waals surface area contributed by atoms with Crippen molar-refractivity contribution in [3.63, 3.8) is 0 Å². The Morgan fingerprint density at radius 3 is 1.69 bits per heavy atom. The summed E-state index contributed by atoms with van der Waals surface area (Å²) in [7, 11) is 0. The lowest BCUT2D eigenvalue weighted by Crippen LogP contribution is -2.49. The number of hydrogen-bond donors (Lipinski definition) is 0. The molecule has 0 unspecified atom stereocenters. The first kappa shape index (κ1) is 19.2. The van der Waals surface area contributed by atoms with Gasteiger partial charge in [0.15, 0.2) is 5.83 Å². The molecule has 0 aromatic heterocycles. The Hall–Kier alpha value is -1.79. The monoisotopic (exact) mass is 416 g/mol. The van der Waals surface area contributed by atoms with E-state index in [2.05, 4.69) is 0 Å². The zero-order chi connectivity index (χ0) is 20.8. The Labute approximate surface area is 163 Å². The first-order chi connectivity index (χ1) is 13.6. The number of benzene rings is 1. The van der Waals surface area contributed by atoms with Crippen LogP contribution in [0, 0.1) is 23.7 Å². The van der Waals surface area contributed by atoms with Gasteiger partial charge >= 0.3 is 17.8 Å². The van der Waals surface area contributed by atoms with E-state index in [-0.39, 0.29) is 17.4 Å². The van der Waals surface area contributed by atoms with Crippen molar-refractivity contribution < 1.29 is 30.7 Å². The molecule has 0 amide bonds. The second kappa shape index (κ2) is 5.88. The van der Waals surface area contributed by atoms with Crippen molar-refractivity contribution in [1.82, 2.24) is 0 Å². The molecule has 0 atom stereocenters. The van der Waals surface area contributed by atoms with Crippen molar-refractivity contribution in [2.75, 3.05) is 0 Å². The quantitative estimate of drug-likeness (QED) is 0.454. The molecule has 5 aliphatic rings. The van der Waals surface area contributed by atoms with E-state index >= 15 is 0 Å². The molecule has 6 rings (SSSR count). The topological polar surface area (TPSA) is 0 Å². The molecular weight excluding hydrogens is 397 g/mol. The highest BCUT2D eigenvalue weighted by atomic mass is 19.3. The van der Waals surface area contributed by atoms with E-state index in [1.165, 1.54) is 24.3 Å². The van der Waals surface area contributed by atoms with Crippen LogP contribution in [0.1, 0.15) is 37.7 Å². The molecule has 0 heterocycles. The van der Waals surface area contributed by atoms with Crippen LogP contribution in [-0.4, -0.2) is 17.8 Å². The van der Waals surface area contributed by atoms with Gasteiger partial charge in [-0.2, -0.15) is 26.3 Å². The molecule has 4 bridgehead atoms. The van der Waals surface area contributed by atoms with E-state index in [0.29, 0.717) is 43.1 Å². The average molecular weight is 416 g/mol. The fourth-order valence-electron chi connectivity index (χ4n) is 6.21. The lowest BCUT2D eigenvalue weighted by atomic mass is 9.53. The molecule has 7 heteroatoms. The smallest absolute Gasteiger partial charge is 0.204 e. The standard InChI is InChI=1S/C22H19F7/c23-19-18(20(24,25)22(28,29)21(19,26)27)17(13-4-2-1-3-5-13)16-14-7-11-6-12(9-14)10-15(16)8-11/h1-5,11-12,14-15H,6-10H2. The first-order valence-electron chi connectivity index (χ1n) is 9.89. The third kappa shape index (κ3) is 2.39. The van der Waals surface area contributed by atoms with E-state index in [9.17, 15) is 30.7 Å². The number of halogens is 7. The third-order valence-corrected chi connectivity index (χ3v) is 7.22. The van der Waals surface area contributed by atoms with Crippen LogP contribution in [0.25, 0.3) is 5.57 Å². The second-order valence-electron chi connectivity index (χ2n) is 8.91. The van der Waals surface area contributed by atoms with E-state index in [0.717, 1.165) is 6.42 Å². The molecule has 0 radical (unpaired) electrons. The summed E-state index contributed by atoms with van der Waals surface area (Å²) in [5.74, 6) is -18.8. The van der Waals surface area contributed by atoms with Gasteiger partial charge in [-0.05, 0) is 66.9 Å². The maximum Gasteiger partial charge on any atom is 0.383 e. The van der Waals surface area contributed by atoms with Gasteiger partial charge in [-0.3, -0.25) is 0 Å². The Morgan fingerprint density at radius 2 is 1.24 bits per heavy atom. The van der Waals surface area contributed by atoms with E-state index in [1.807, 2.05) is 0 Å². The fourth-order valence-corrected chi connectivity index (χ4v) is 6.21. The molecule has 156 valence electrons. The number of rotatable bonds is 2. The van der Waals surface area contributed by atoms with Gasteiger partial charge in [0.2, 0.25) is 0 Å². The van der Waals surface area contributed by atoms with Crippen molar-refractivity contribution in [1.29, 1.82) is 0 Å². The van der Waals surface area contributed by atoms with Gasteiger partial charge in [-0.1, -0.05) is 35.9 Å². The molecule has 0 spiro atoms. The largest absolute Gasteiger partial charge is 0.383 e. The van der Waals surface area contributed by atoms with Crippen LogP contribution in [0.15, 0.2) is 47.3 Å². The van der Waals surface area contributed by atoms with E-state index < -0.39 is 34.7 Å². The predicted octanol–water partition coefficient (Wildman–Crippen LogP) is 7.04. The Kier molecular flexibility index (Phi) is 3.89. The molecule has 0 saturated heterocycles. The molecule has 1 aromatic rings. The van der Waals surface area contributed by atoms with Crippen molar-refractivity contribution in [2.45, 2.75) is 49.9 Å². The zero-order valence-corrected chi connectivity index (χ0v) is 15.4. The summed E-state index contributed by atoms with van der Waals surface area (Å²) in [6.45, 7) is 0. The maximum atomic E-state index is 14.7. The SMILES string of the molecule is FC1=C(C(=C2C3CC4CC(C3)CC2C4)c2ccccc2)C(F)(F)C(F)(F)C1(F)F. The zero-order valence-electron chi connectivity index (χ0n) is 15.4. The summed E-state index contributed by atoms with van der Waals surface area (Å²) in [6.07, 6.45) is 3.92. The van der Waals surface area contributed by atoms with E-state index in [4.69, 9.17) is 0 Å². The van der Waals surface area contributed by atoms with Crippen LogP contribution >= 0.6 is 0 Å². The molecule has 1 aromatic carbocycles. The summed E-state index contributed by atoms with van der Waals surface area (Å²) in [4.78, 5) is 0. The van der Waals surface area contributed by atoms with Crippen LogP contribution in [-0.2, 0) is 0 Å². The average Bonchev–Trinajstić information content (AvgIpc) is 2.74. The summed E-state index contributed by atoms with van der Waals surface area (Å²) in [6, 6.07) is 7.42. The molecule has 4 fully saturated rings. The van der Waals surface area contributed by atoms with E-state index in [1.54, 1.807) is 6.07 Å². The predicted molar refractivity (Wildman–Crippen MR) is 93.4 cm³/mol. The summed E-state index contributed by atoms with van der Waals surface area (Å²) < 4.78 is 100. The minimum absolute atomic E-state index is 0.0910. The fraction of sp³-hybridized carbons (Fsp3) is 0.545. The summed E-state index contributed by atoms with van der Waals surface area (Å²) >= 11 is 0. The van der Waals surface area contributed by atoms with Crippen LogP contribution in [0.2, 0.25) is 0 Å². The normalized spacial score (nSPS) is 36.0. The van der Waals surface area contributed by atoms with Gasteiger partial charge in [0, 0.05) is 0 Å². The Balaban J connectivity index is 1.79. The Morgan fingerprint density at radius 1 is 0.724 bits per heavy atom. The van der Waals surface area contributed by atoms with Crippen LogP contribution in [0.4, 0.5) is 30.7 Å². The molecule has 4 saturated carbocycles. The van der Waals surface area contributed by atoms with Gasteiger partial charge in [-0.25, -0.2) is 4.39 Å². The van der Waals surface area contributed by atoms with Crippen molar-refractivity contribution >= 4 is 5.57 Å². The molecule has 0 nitrogen and oxygen atoms in total. The van der Waals surface area contributed by atoms with Crippen molar-refractivity contribution in [3.8, 4) is 0 Å². The molecule has 0 N–H and O–H groups in total. The summed E-state index contributed by atoms with van der Waals surface area (Å²) in [5.41, 5.74) is -1.67. The van der Waals surface area contributed by atoms with Crippen LogP contribution < -0.4 is 0 Å². The first-order valence-corrected chi connectivity index (χ1v) is 9.89. The highest BCUT2D eigenvalue weighted by molar-refractivity contribution is 5.86. The second-order valence-corrected chi connectivity index (χ2v) is 8.91. The molecule has 0 aliphatic heterocycles. The summed E-state index contributed by atoms with van der Waals surface area (Å²) in [5, 5.41) is 0. The van der Waals surface area contributed by atoms with Gasteiger partial charge in [0.1, 0.15) is 0 Å². The Bertz CT molecular complexity index is 880. The number of hydrogen-bond acceptors (Lipinski definition) is 0. The molecular formula is C22H19F7. The van der Waals surface area contributed by atoms with Gasteiger partial charge in [0.25, 0.3) is 0 Å². The molecule has 29 heavy (non-hydrogen) atoms.